The highest BCUT2D eigenvalue weighted by Gasteiger charge is 2.44. The van der Waals surface area contributed by atoms with Gasteiger partial charge in [0.15, 0.2) is 0 Å². The fourth-order valence-electron chi connectivity index (χ4n) is 1.62. The first-order valence-electron chi connectivity index (χ1n) is 6.00. The molecular weight excluding hydrogens is 342 g/mol. The summed E-state index contributed by atoms with van der Waals surface area (Å²) in [4.78, 5) is 0. The number of thioether (sulfide) groups is 1. The first-order valence-corrected chi connectivity index (χ1v) is 8.25. The van der Waals surface area contributed by atoms with Crippen molar-refractivity contribution in [1.29, 1.82) is 0 Å². The molecule has 1 aliphatic rings. The maximum Gasteiger partial charge on any atom is 0.466 e. The van der Waals surface area contributed by atoms with Crippen LogP contribution >= 0.6 is 11.8 Å². The Kier molecular flexibility index (Phi) is 7.21. The zero-order valence-electron chi connectivity index (χ0n) is 11.2. The summed E-state index contributed by atoms with van der Waals surface area (Å²) >= 11 is 0.688. The first kappa shape index (κ1) is 19.3. The molecule has 0 aromatic heterocycles. The summed E-state index contributed by atoms with van der Waals surface area (Å²) in [6.07, 6.45) is -4.34. The van der Waals surface area contributed by atoms with E-state index in [1.54, 1.807) is 0 Å². The maximum atomic E-state index is 10.5. The Morgan fingerprint density at radius 3 is 2.45 bits per heavy atom. The highest BCUT2D eigenvalue weighted by molar-refractivity contribution is 8.14. The smallest absolute Gasteiger partial charge is 0.394 e. The summed E-state index contributed by atoms with van der Waals surface area (Å²) in [6.45, 7) is 2.82. The van der Waals surface area contributed by atoms with Crippen LogP contribution in [-0.2, 0) is 19.4 Å². The van der Waals surface area contributed by atoms with Gasteiger partial charge in [0.05, 0.1) is 6.61 Å². The van der Waals surface area contributed by atoms with E-state index in [0.717, 1.165) is 0 Å². The van der Waals surface area contributed by atoms with Crippen molar-refractivity contribution < 1.29 is 42.4 Å². The SMILES string of the molecule is C=CCC(=NOS(=O)(=O)O)S[C@@H]1O[C@H](CO)[C@@H](O)[C@H](O)[C@H]1O. The fraction of sp³-hybridized carbons (Fsp3) is 0.700. The van der Waals surface area contributed by atoms with Crippen LogP contribution in [0.25, 0.3) is 0 Å². The molecule has 1 saturated heterocycles. The minimum absolute atomic E-state index is 0.0230. The second-order valence-corrected chi connectivity index (χ2v) is 6.47. The highest BCUT2D eigenvalue weighted by atomic mass is 32.3. The van der Waals surface area contributed by atoms with Crippen molar-refractivity contribution in [3.63, 3.8) is 0 Å². The van der Waals surface area contributed by atoms with Crippen LogP contribution in [0.2, 0.25) is 0 Å². The summed E-state index contributed by atoms with van der Waals surface area (Å²) in [5.74, 6) is 0. The van der Waals surface area contributed by atoms with Crippen LogP contribution in [0.5, 0.6) is 0 Å². The van der Waals surface area contributed by atoms with Crippen LogP contribution in [0.4, 0.5) is 0 Å². The van der Waals surface area contributed by atoms with Gasteiger partial charge in [-0.25, -0.2) is 4.28 Å². The molecule has 1 fully saturated rings. The molecule has 0 spiro atoms. The average Bonchev–Trinajstić information content (AvgIpc) is 2.44. The van der Waals surface area contributed by atoms with Crippen molar-refractivity contribution in [2.75, 3.05) is 6.61 Å². The first-order chi connectivity index (χ1) is 10.2. The molecule has 0 aromatic carbocycles. The van der Waals surface area contributed by atoms with E-state index in [-0.39, 0.29) is 11.5 Å². The monoisotopic (exact) mass is 359 g/mol. The zero-order chi connectivity index (χ0) is 16.9. The zero-order valence-corrected chi connectivity index (χ0v) is 12.9. The number of oxime groups is 1. The van der Waals surface area contributed by atoms with E-state index < -0.39 is 46.9 Å². The summed E-state index contributed by atoms with van der Waals surface area (Å²) < 4.78 is 38.5. The molecule has 5 atom stereocenters. The molecule has 1 aliphatic heterocycles. The lowest BCUT2D eigenvalue weighted by molar-refractivity contribution is -0.205. The van der Waals surface area contributed by atoms with Crippen LogP contribution in [0, 0.1) is 0 Å². The Morgan fingerprint density at radius 1 is 1.32 bits per heavy atom. The maximum absolute atomic E-state index is 10.5. The van der Waals surface area contributed by atoms with Gasteiger partial charge in [0.2, 0.25) is 0 Å². The Labute approximate surface area is 131 Å². The van der Waals surface area contributed by atoms with E-state index in [9.17, 15) is 23.7 Å². The lowest BCUT2D eigenvalue weighted by atomic mass is 10.0. The van der Waals surface area contributed by atoms with Crippen LogP contribution in [0.1, 0.15) is 6.42 Å². The number of rotatable bonds is 6. The van der Waals surface area contributed by atoms with E-state index in [2.05, 4.69) is 16.0 Å². The number of aliphatic hydroxyl groups is 4. The summed E-state index contributed by atoms with van der Waals surface area (Å²) in [7, 11) is -4.79. The summed E-state index contributed by atoms with van der Waals surface area (Å²) in [6, 6.07) is 0. The van der Waals surface area contributed by atoms with Gasteiger partial charge in [-0.2, -0.15) is 8.42 Å². The normalized spacial score (nSPS) is 33.5. The standard InChI is InChI=1S/C10H17NO9S2/c1-2-3-6(11-20-22(16,17)18)21-10-9(15)8(14)7(13)5(4-12)19-10/h2,5,7-10,12-15H,1,3-4H2,(H,16,17,18)/t5-,7-,8+,9-,10+/m1/s1. The Bertz CT molecular complexity index is 507. The highest BCUT2D eigenvalue weighted by Crippen LogP contribution is 2.30. The number of aliphatic hydroxyl groups excluding tert-OH is 4. The largest absolute Gasteiger partial charge is 0.466 e. The van der Waals surface area contributed by atoms with Crippen molar-refractivity contribution in [3.05, 3.63) is 12.7 Å². The molecule has 5 N–H and O–H groups in total. The van der Waals surface area contributed by atoms with Gasteiger partial charge in [-0.1, -0.05) is 23.0 Å². The molecule has 0 amide bonds. The predicted octanol–water partition coefficient (Wildman–Crippen LogP) is -1.77. The van der Waals surface area contributed by atoms with Crippen LogP contribution in [0.3, 0.4) is 0 Å². The minimum Gasteiger partial charge on any atom is -0.394 e. The molecule has 0 bridgehead atoms. The van der Waals surface area contributed by atoms with Crippen molar-refractivity contribution in [2.24, 2.45) is 5.16 Å². The van der Waals surface area contributed by atoms with Gasteiger partial charge in [-0.05, 0) is 0 Å². The molecule has 0 unspecified atom stereocenters. The van der Waals surface area contributed by atoms with Crippen molar-refractivity contribution in [2.45, 2.75) is 36.3 Å². The average molecular weight is 359 g/mol. The van der Waals surface area contributed by atoms with Gasteiger partial charge >= 0.3 is 10.4 Å². The number of allylic oxidation sites excluding steroid dienone is 1. The second-order valence-electron chi connectivity index (χ2n) is 4.30. The van der Waals surface area contributed by atoms with Gasteiger partial charge in [-0.15, -0.1) is 6.58 Å². The van der Waals surface area contributed by atoms with Crippen LogP contribution in [0.15, 0.2) is 17.8 Å². The Balaban J connectivity index is 2.85. The van der Waals surface area contributed by atoms with E-state index in [1.807, 2.05) is 0 Å². The molecule has 0 saturated carbocycles. The van der Waals surface area contributed by atoms with E-state index in [0.29, 0.717) is 11.8 Å². The van der Waals surface area contributed by atoms with Gasteiger partial charge in [0.1, 0.15) is 34.9 Å². The van der Waals surface area contributed by atoms with Gasteiger partial charge in [0.25, 0.3) is 0 Å². The number of ether oxygens (including phenoxy) is 1. The van der Waals surface area contributed by atoms with Crippen molar-refractivity contribution >= 4 is 27.2 Å². The third-order valence-corrected chi connectivity index (χ3v) is 4.05. The van der Waals surface area contributed by atoms with E-state index >= 15 is 0 Å². The quantitative estimate of drug-likeness (QED) is 0.120. The number of nitrogens with zero attached hydrogens (tertiary/aromatic N) is 1. The van der Waals surface area contributed by atoms with Crippen LogP contribution in [-0.4, -0.2) is 74.9 Å². The Hall–Kier alpha value is -0.730. The number of hydrogen-bond acceptors (Lipinski definition) is 10. The summed E-state index contributed by atoms with van der Waals surface area (Å²) in [5, 5.41) is 41.3. The molecule has 10 nitrogen and oxygen atoms in total. The molecule has 0 aromatic rings. The lowest BCUT2D eigenvalue weighted by Gasteiger charge is -2.39. The lowest BCUT2D eigenvalue weighted by Crippen LogP contribution is -2.57. The summed E-state index contributed by atoms with van der Waals surface area (Å²) in [5.41, 5.74) is -1.15. The second kappa shape index (κ2) is 8.21. The van der Waals surface area contributed by atoms with Gasteiger partial charge < -0.3 is 25.2 Å². The third kappa shape index (κ3) is 5.48. The minimum atomic E-state index is -4.79. The van der Waals surface area contributed by atoms with E-state index in [4.69, 9.17) is 14.4 Å². The van der Waals surface area contributed by atoms with E-state index in [1.165, 1.54) is 6.08 Å². The van der Waals surface area contributed by atoms with Crippen LogP contribution < -0.4 is 0 Å². The van der Waals surface area contributed by atoms with Gasteiger partial charge in [0, 0.05) is 6.42 Å². The van der Waals surface area contributed by atoms with Crippen molar-refractivity contribution in [3.8, 4) is 0 Å². The Morgan fingerprint density at radius 2 is 1.95 bits per heavy atom. The molecule has 0 radical (unpaired) electrons. The molecule has 12 heteroatoms. The molecule has 0 aliphatic carbocycles. The molecular formula is C10H17NO9S2. The number of hydrogen-bond donors (Lipinski definition) is 5. The predicted molar refractivity (Wildman–Crippen MR) is 76.2 cm³/mol. The molecule has 1 rings (SSSR count). The van der Waals surface area contributed by atoms with Crippen molar-refractivity contribution in [1.82, 2.24) is 0 Å². The fourth-order valence-corrected chi connectivity index (χ4v) is 2.91. The molecule has 128 valence electrons. The third-order valence-electron chi connectivity index (χ3n) is 2.65. The van der Waals surface area contributed by atoms with Gasteiger partial charge in [-0.3, -0.25) is 4.55 Å². The molecule has 1 heterocycles. The topological polar surface area (TPSA) is 166 Å². The molecule has 22 heavy (non-hydrogen) atoms.